The summed E-state index contributed by atoms with van der Waals surface area (Å²) in [4.78, 5) is 11.0. The molecule has 0 radical (unpaired) electrons. The van der Waals surface area contributed by atoms with Gasteiger partial charge in [0.1, 0.15) is 0 Å². The average molecular weight is 305 g/mol. The molecule has 3 nitrogen and oxygen atoms in total. The monoisotopic (exact) mass is 306 g/mol. The third kappa shape index (κ3) is 8.61. The Morgan fingerprint density at radius 1 is 1.25 bits per heavy atom. The second kappa shape index (κ2) is 7.57. The normalized spacial score (nSPS) is 12.4. The first kappa shape index (κ1) is 15.3. The predicted molar refractivity (Wildman–Crippen MR) is 53.0 cm³/mol. The SMILES string of the molecule is CCOC(=O)/C=C(/C[Se]C(F)(F)F)OCC. The van der Waals surface area contributed by atoms with E-state index >= 15 is 0 Å². The fraction of sp³-hybridized carbons (Fsp3) is 0.667. The van der Waals surface area contributed by atoms with E-state index in [-0.39, 0.29) is 24.3 Å². The molecule has 0 heterocycles. The first-order valence-corrected chi connectivity index (χ1v) is 6.66. The Hall–Kier alpha value is -0.681. The van der Waals surface area contributed by atoms with Crippen molar-refractivity contribution in [3.63, 3.8) is 0 Å². The van der Waals surface area contributed by atoms with Gasteiger partial charge >= 0.3 is 97.7 Å². The van der Waals surface area contributed by atoms with E-state index in [1.165, 1.54) is 0 Å². The van der Waals surface area contributed by atoms with E-state index in [1.54, 1.807) is 13.8 Å². The van der Waals surface area contributed by atoms with E-state index < -0.39 is 26.0 Å². The number of hydrogen-bond acceptors (Lipinski definition) is 3. The van der Waals surface area contributed by atoms with Crippen LogP contribution >= 0.6 is 0 Å². The molecule has 0 unspecified atom stereocenters. The number of ether oxygens (including phenoxy) is 2. The van der Waals surface area contributed by atoms with Crippen LogP contribution < -0.4 is 0 Å². The van der Waals surface area contributed by atoms with Gasteiger partial charge in [0, 0.05) is 0 Å². The Labute approximate surface area is 98.1 Å². The summed E-state index contributed by atoms with van der Waals surface area (Å²) in [5, 5.41) is -4.49. The Kier molecular flexibility index (Phi) is 7.25. The summed E-state index contributed by atoms with van der Waals surface area (Å²) in [6, 6.07) is 0. The van der Waals surface area contributed by atoms with E-state index in [0.29, 0.717) is 0 Å². The van der Waals surface area contributed by atoms with E-state index in [0.717, 1.165) is 6.08 Å². The molecule has 0 aromatic heterocycles. The molecule has 0 fully saturated rings. The molecule has 0 rings (SSSR count). The second-order valence-electron chi connectivity index (χ2n) is 2.53. The zero-order valence-corrected chi connectivity index (χ0v) is 10.7. The quantitative estimate of drug-likeness (QED) is 0.326. The van der Waals surface area contributed by atoms with Crippen LogP contribution in [0.2, 0.25) is 5.32 Å². The fourth-order valence-corrected chi connectivity index (χ4v) is 1.77. The van der Waals surface area contributed by atoms with Crippen molar-refractivity contribution in [3.8, 4) is 0 Å². The maximum atomic E-state index is 12.0. The molecule has 0 aliphatic heterocycles. The van der Waals surface area contributed by atoms with Gasteiger partial charge in [-0.3, -0.25) is 0 Å². The number of esters is 1. The molecule has 0 amide bonds. The predicted octanol–water partition coefficient (Wildman–Crippen LogP) is 2.11. The molecule has 0 saturated heterocycles. The number of allylic oxidation sites excluding steroid dienone is 1. The van der Waals surface area contributed by atoms with Crippen molar-refractivity contribution >= 4 is 20.9 Å². The van der Waals surface area contributed by atoms with Crippen molar-refractivity contribution in [2.24, 2.45) is 0 Å². The summed E-state index contributed by atoms with van der Waals surface area (Å²) in [6.07, 6.45) is 0.973. The van der Waals surface area contributed by atoms with Gasteiger partial charge in [0.2, 0.25) is 0 Å². The first-order valence-electron chi connectivity index (χ1n) is 4.59. The van der Waals surface area contributed by atoms with Crippen LogP contribution in [0.1, 0.15) is 13.8 Å². The molecule has 0 aromatic rings. The Morgan fingerprint density at radius 2 is 1.81 bits per heavy atom. The van der Waals surface area contributed by atoms with Crippen LogP contribution in [-0.2, 0) is 14.3 Å². The van der Waals surface area contributed by atoms with Crippen molar-refractivity contribution in [3.05, 3.63) is 11.8 Å². The number of alkyl halides is 3. The summed E-state index contributed by atoms with van der Waals surface area (Å²) < 4.78 is 45.4. The average Bonchev–Trinajstić information content (AvgIpc) is 2.14. The number of carbonyl (C=O) groups excluding carboxylic acids is 1. The molecule has 0 spiro atoms. The Morgan fingerprint density at radius 3 is 2.25 bits per heavy atom. The molecule has 0 N–H and O–H groups in total. The van der Waals surface area contributed by atoms with Gasteiger partial charge in [0.05, 0.1) is 0 Å². The molecule has 0 atom stereocenters. The molecule has 0 bridgehead atoms. The van der Waals surface area contributed by atoms with Gasteiger partial charge < -0.3 is 0 Å². The van der Waals surface area contributed by atoms with Crippen LogP contribution in [-0.4, -0.2) is 39.2 Å². The topological polar surface area (TPSA) is 35.5 Å². The molecule has 0 saturated carbocycles. The zero-order valence-electron chi connectivity index (χ0n) is 8.97. The number of rotatable bonds is 6. The molecule has 7 heteroatoms. The summed E-state index contributed by atoms with van der Waals surface area (Å²) in [5.74, 6) is -0.651. The molecular formula is C9H13F3O3Se. The summed E-state index contributed by atoms with van der Waals surface area (Å²) >= 11 is -1.58. The van der Waals surface area contributed by atoms with E-state index in [9.17, 15) is 18.0 Å². The van der Waals surface area contributed by atoms with Gasteiger partial charge in [-0.25, -0.2) is 0 Å². The maximum absolute atomic E-state index is 12.0. The van der Waals surface area contributed by atoms with Gasteiger partial charge in [-0.1, -0.05) is 0 Å². The first-order chi connectivity index (χ1) is 7.39. The molecular weight excluding hydrogens is 292 g/mol. The van der Waals surface area contributed by atoms with Crippen LogP contribution in [0.3, 0.4) is 0 Å². The van der Waals surface area contributed by atoms with Crippen molar-refractivity contribution < 1.29 is 27.4 Å². The zero-order chi connectivity index (χ0) is 12.6. The third-order valence-electron chi connectivity index (χ3n) is 1.27. The molecule has 16 heavy (non-hydrogen) atoms. The van der Waals surface area contributed by atoms with Gasteiger partial charge in [0.25, 0.3) is 0 Å². The minimum atomic E-state index is -4.20. The Bertz CT molecular complexity index is 251. The van der Waals surface area contributed by atoms with Gasteiger partial charge in [-0.2, -0.15) is 0 Å². The molecule has 0 aliphatic carbocycles. The number of halogens is 3. The van der Waals surface area contributed by atoms with Gasteiger partial charge in [-0.15, -0.1) is 0 Å². The third-order valence-corrected chi connectivity index (χ3v) is 2.86. The van der Waals surface area contributed by atoms with E-state index in [1.807, 2.05) is 0 Å². The summed E-state index contributed by atoms with van der Waals surface area (Å²) in [5.41, 5.74) is 0. The van der Waals surface area contributed by atoms with Crippen molar-refractivity contribution in [1.29, 1.82) is 0 Å². The van der Waals surface area contributed by atoms with Crippen molar-refractivity contribution in [1.82, 2.24) is 0 Å². The van der Waals surface area contributed by atoms with E-state index in [2.05, 4.69) is 4.74 Å². The standard InChI is InChI=1S/C9H13F3O3Se/c1-3-14-7(5-8(13)15-4-2)6-16-9(10,11)12/h5H,3-4,6H2,1-2H3/b7-5-. The summed E-state index contributed by atoms with van der Waals surface area (Å²) in [7, 11) is 0. The van der Waals surface area contributed by atoms with Gasteiger partial charge in [-0.05, 0) is 0 Å². The number of carbonyl (C=O) groups is 1. The molecule has 94 valence electrons. The van der Waals surface area contributed by atoms with Crippen LogP contribution in [0.5, 0.6) is 0 Å². The second-order valence-corrected chi connectivity index (χ2v) is 4.71. The van der Waals surface area contributed by atoms with E-state index in [4.69, 9.17) is 4.74 Å². The van der Waals surface area contributed by atoms with Crippen molar-refractivity contribution in [2.45, 2.75) is 24.2 Å². The van der Waals surface area contributed by atoms with Crippen LogP contribution in [0.4, 0.5) is 13.2 Å². The van der Waals surface area contributed by atoms with Crippen LogP contribution in [0.15, 0.2) is 11.8 Å². The van der Waals surface area contributed by atoms with Crippen molar-refractivity contribution in [2.75, 3.05) is 13.2 Å². The molecule has 0 aromatic carbocycles. The molecule has 0 aliphatic rings. The van der Waals surface area contributed by atoms with Crippen LogP contribution in [0, 0.1) is 0 Å². The Balaban J connectivity index is 4.31. The number of hydrogen-bond donors (Lipinski definition) is 0. The van der Waals surface area contributed by atoms with Gasteiger partial charge in [0.15, 0.2) is 0 Å². The fourth-order valence-electron chi connectivity index (χ4n) is 0.779. The summed E-state index contributed by atoms with van der Waals surface area (Å²) in [6.45, 7) is 3.66. The minimum absolute atomic E-state index is 0.0262. The van der Waals surface area contributed by atoms with Crippen LogP contribution in [0.25, 0.3) is 0 Å².